The minimum Gasteiger partial charge on any atom is -0.379 e. The van der Waals surface area contributed by atoms with Gasteiger partial charge in [0.1, 0.15) is 0 Å². The van der Waals surface area contributed by atoms with Crippen molar-refractivity contribution in [3.63, 3.8) is 0 Å². The summed E-state index contributed by atoms with van der Waals surface area (Å²) in [6.07, 6.45) is 1.16. The molecule has 3 nitrogen and oxygen atoms in total. The summed E-state index contributed by atoms with van der Waals surface area (Å²) in [6, 6.07) is 10.3. The average molecular weight is 208 g/mol. The number of hydrazine groups is 1. The third-order valence-corrected chi connectivity index (χ3v) is 2.26. The maximum absolute atomic E-state index is 5.52. The van der Waals surface area contributed by atoms with Gasteiger partial charge in [-0.1, -0.05) is 30.3 Å². The van der Waals surface area contributed by atoms with Crippen LogP contribution in [-0.2, 0) is 4.74 Å². The molecule has 0 aromatic heterocycles. The topological polar surface area (TPSA) is 47.3 Å². The summed E-state index contributed by atoms with van der Waals surface area (Å²) in [5.41, 5.74) is 4.01. The Balaban J connectivity index is 2.43. The van der Waals surface area contributed by atoms with Crippen LogP contribution in [0.1, 0.15) is 31.9 Å². The summed E-state index contributed by atoms with van der Waals surface area (Å²) < 4.78 is 5.50. The Hall–Kier alpha value is -0.900. The number of ether oxygens (including phenoxy) is 1. The summed E-state index contributed by atoms with van der Waals surface area (Å²) in [5.74, 6) is 5.52. The fourth-order valence-electron chi connectivity index (χ4n) is 1.45. The summed E-state index contributed by atoms with van der Waals surface area (Å²) in [7, 11) is 0. The first-order valence-corrected chi connectivity index (χ1v) is 5.36. The standard InChI is InChI=1S/C12H20N2O/c1-10(2)15-9-8-12(14-13)11-6-4-3-5-7-11/h3-7,10,12,14H,8-9,13H2,1-2H3/t12-/m1/s1. The van der Waals surface area contributed by atoms with Gasteiger partial charge in [-0.15, -0.1) is 0 Å². The second-order valence-electron chi connectivity index (χ2n) is 3.84. The molecule has 1 aromatic carbocycles. The van der Waals surface area contributed by atoms with Gasteiger partial charge in [0.25, 0.3) is 0 Å². The highest BCUT2D eigenvalue weighted by Gasteiger charge is 2.08. The molecule has 0 aliphatic heterocycles. The lowest BCUT2D eigenvalue weighted by Crippen LogP contribution is -2.29. The van der Waals surface area contributed by atoms with Gasteiger partial charge in [-0.05, 0) is 25.8 Å². The maximum atomic E-state index is 5.52. The lowest BCUT2D eigenvalue weighted by atomic mass is 10.1. The van der Waals surface area contributed by atoms with E-state index in [0.29, 0.717) is 0 Å². The maximum Gasteiger partial charge on any atom is 0.0518 e. The normalized spacial score (nSPS) is 13.1. The molecule has 3 heteroatoms. The number of nitrogens with two attached hydrogens (primary N) is 1. The first-order chi connectivity index (χ1) is 7.24. The van der Waals surface area contributed by atoms with Gasteiger partial charge in [0.15, 0.2) is 0 Å². The van der Waals surface area contributed by atoms with Crippen molar-refractivity contribution in [1.29, 1.82) is 0 Å². The second-order valence-corrected chi connectivity index (χ2v) is 3.84. The van der Waals surface area contributed by atoms with Gasteiger partial charge in [-0.3, -0.25) is 11.3 Å². The average Bonchev–Trinajstić information content (AvgIpc) is 2.25. The number of hydrogen-bond acceptors (Lipinski definition) is 3. The van der Waals surface area contributed by atoms with Crippen LogP contribution in [0.25, 0.3) is 0 Å². The lowest BCUT2D eigenvalue weighted by molar-refractivity contribution is 0.0714. The Morgan fingerprint density at radius 1 is 1.27 bits per heavy atom. The Kier molecular flexibility index (Phi) is 5.32. The fourth-order valence-corrected chi connectivity index (χ4v) is 1.45. The Bertz CT molecular complexity index is 262. The van der Waals surface area contributed by atoms with Gasteiger partial charge in [0, 0.05) is 12.6 Å². The van der Waals surface area contributed by atoms with Crippen LogP contribution < -0.4 is 11.3 Å². The Labute approximate surface area is 91.6 Å². The van der Waals surface area contributed by atoms with E-state index in [4.69, 9.17) is 10.6 Å². The van der Waals surface area contributed by atoms with Crippen molar-refractivity contribution in [2.75, 3.05) is 6.61 Å². The molecule has 0 amide bonds. The molecule has 0 fully saturated rings. The molecular weight excluding hydrogens is 188 g/mol. The zero-order valence-electron chi connectivity index (χ0n) is 9.44. The van der Waals surface area contributed by atoms with Gasteiger partial charge < -0.3 is 4.74 Å². The van der Waals surface area contributed by atoms with E-state index >= 15 is 0 Å². The number of hydrogen-bond donors (Lipinski definition) is 2. The van der Waals surface area contributed by atoms with E-state index in [1.165, 1.54) is 5.56 Å². The molecule has 0 bridgehead atoms. The molecule has 0 saturated heterocycles. The first kappa shape index (κ1) is 12.2. The van der Waals surface area contributed by atoms with Crippen molar-refractivity contribution < 1.29 is 4.74 Å². The Morgan fingerprint density at radius 3 is 2.47 bits per heavy atom. The molecule has 1 aromatic rings. The molecule has 0 aliphatic rings. The van der Waals surface area contributed by atoms with E-state index in [1.807, 2.05) is 32.0 Å². The number of benzene rings is 1. The van der Waals surface area contributed by atoms with E-state index < -0.39 is 0 Å². The molecule has 0 unspecified atom stereocenters. The molecule has 0 spiro atoms. The molecule has 0 aliphatic carbocycles. The predicted molar refractivity (Wildman–Crippen MR) is 62.2 cm³/mol. The van der Waals surface area contributed by atoms with Crippen molar-refractivity contribution in [2.24, 2.45) is 5.84 Å². The highest BCUT2D eigenvalue weighted by Crippen LogP contribution is 2.15. The summed E-state index contributed by atoms with van der Waals surface area (Å²) >= 11 is 0. The van der Waals surface area contributed by atoms with Crippen molar-refractivity contribution in [1.82, 2.24) is 5.43 Å². The van der Waals surface area contributed by atoms with Crippen LogP contribution in [0.5, 0.6) is 0 Å². The number of nitrogens with one attached hydrogen (secondary N) is 1. The van der Waals surface area contributed by atoms with Crippen LogP contribution in [0.2, 0.25) is 0 Å². The van der Waals surface area contributed by atoms with Gasteiger partial charge in [0.05, 0.1) is 6.10 Å². The zero-order chi connectivity index (χ0) is 11.1. The quantitative estimate of drug-likeness (QED) is 0.555. The molecular formula is C12H20N2O. The number of rotatable bonds is 6. The van der Waals surface area contributed by atoms with Crippen LogP contribution in [-0.4, -0.2) is 12.7 Å². The van der Waals surface area contributed by atoms with E-state index in [1.54, 1.807) is 0 Å². The van der Waals surface area contributed by atoms with Crippen molar-refractivity contribution in [3.8, 4) is 0 Å². The van der Waals surface area contributed by atoms with E-state index in [0.717, 1.165) is 13.0 Å². The molecule has 0 saturated carbocycles. The molecule has 0 heterocycles. The molecule has 3 N–H and O–H groups in total. The van der Waals surface area contributed by atoms with Crippen LogP contribution in [0, 0.1) is 0 Å². The van der Waals surface area contributed by atoms with Crippen LogP contribution in [0.4, 0.5) is 0 Å². The largest absolute Gasteiger partial charge is 0.379 e. The smallest absolute Gasteiger partial charge is 0.0518 e. The summed E-state index contributed by atoms with van der Waals surface area (Å²) in [6.45, 7) is 4.79. The van der Waals surface area contributed by atoms with E-state index in [9.17, 15) is 0 Å². The predicted octanol–water partition coefficient (Wildman–Crippen LogP) is 2.01. The SMILES string of the molecule is CC(C)OCC[C@@H](NN)c1ccccc1. The first-order valence-electron chi connectivity index (χ1n) is 5.36. The van der Waals surface area contributed by atoms with Crippen molar-refractivity contribution >= 4 is 0 Å². The second kappa shape index (κ2) is 6.56. The zero-order valence-corrected chi connectivity index (χ0v) is 9.44. The highest BCUT2D eigenvalue weighted by molar-refractivity contribution is 5.18. The lowest BCUT2D eigenvalue weighted by Gasteiger charge is -2.17. The molecule has 84 valence electrons. The van der Waals surface area contributed by atoms with Gasteiger partial charge in [-0.2, -0.15) is 0 Å². The third-order valence-electron chi connectivity index (χ3n) is 2.26. The monoisotopic (exact) mass is 208 g/mol. The third kappa shape index (κ3) is 4.42. The van der Waals surface area contributed by atoms with Gasteiger partial charge in [0.2, 0.25) is 0 Å². The van der Waals surface area contributed by atoms with Crippen LogP contribution >= 0.6 is 0 Å². The summed E-state index contributed by atoms with van der Waals surface area (Å²) in [4.78, 5) is 0. The van der Waals surface area contributed by atoms with Crippen LogP contribution in [0.15, 0.2) is 30.3 Å². The molecule has 0 radical (unpaired) electrons. The fraction of sp³-hybridized carbons (Fsp3) is 0.500. The molecule has 15 heavy (non-hydrogen) atoms. The minimum atomic E-state index is 0.171. The highest BCUT2D eigenvalue weighted by atomic mass is 16.5. The Morgan fingerprint density at radius 2 is 1.93 bits per heavy atom. The molecule has 1 atom stereocenters. The van der Waals surface area contributed by atoms with E-state index in [-0.39, 0.29) is 12.1 Å². The van der Waals surface area contributed by atoms with Crippen molar-refractivity contribution in [2.45, 2.75) is 32.4 Å². The van der Waals surface area contributed by atoms with Crippen molar-refractivity contribution in [3.05, 3.63) is 35.9 Å². The van der Waals surface area contributed by atoms with E-state index in [2.05, 4.69) is 17.6 Å². The van der Waals surface area contributed by atoms with Gasteiger partial charge >= 0.3 is 0 Å². The van der Waals surface area contributed by atoms with Crippen LogP contribution in [0.3, 0.4) is 0 Å². The minimum absolute atomic E-state index is 0.171. The molecule has 1 rings (SSSR count). The summed E-state index contributed by atoms with van der Waals surface area (Å²) in [5, 5.41) is 0. The van der Waals surface area contributed by atoms with Gasteiger partial charge in [-0.25, -0.2) is 0 Å².